The second kappa shape index (κ2) is 6.93. The van der Waals surface area contributed by atoms with Gasteiger partial charge in [-0.25, -0.2) is 4.98 Å². The fraction of sp³-hybridized carbons (Fsp3) is 0.412. The van der Waals surface area contributed by atoms with Crippen molar-refractivity contribution in [2.75, 3.05) is 5.32 Å². The Bertz CT molecular complexity index is 698. The minimum atomic E-state index is -0.150. The third-order valence-corrected chi connectivity index (χ3v) is 3.70. The molecular weight excluding hydrogens is 335 g/mol. The lowest BCUT2D eigenvalue weighted by Gasteiger charge is -2.12. The first kappa shape index (κ1) is 17.8. The van der Waals surface area contributed by atoms with E-state index < -0.39 is 0 Å². The standard InChI is InChI=1S/C17H20Cl2N2O2/c1-10-14(23-16(20-10)17(2,3)4)5-6-15(22)21-13-8-11(18)7-12(19)9-13/h7-9H,5-6H2,1-4H3,(H,21,22). The molecule has 1 heterocycles. The van der Waals surface area contributed by atoms with Gasteiger partial charge in [0.05, 0.1) is 5.69 Å². The Balaban J connectivity index is 1.98. The molecule has 0 spiro atoms. The highest BCUT2D eigenvalue weighted by atomic mass is 35.5. The van der Waals surface area contributed by atoms with Crippen molar-refractivity contribution in [2.24, 2.45) is 0 Å². The molecule has 1 N–H and O–H groups in total. The molecule has 0 saturated carbocycles. The zero-order chi connectivity index (χ0) is 17.2. The van der Waals surface area contributed by atoms with Gasteiger partial charge in [-0.15, -0.1) is 0 Å². The summed E-state index contributed by atoms with van der Waals surface area (Å²) in [6, 6.07) is 4.93. The Labute approximate surface area is 146 Å². The first-order valence-corrected chi connectivity index (χ1v) is 8.13. The molecule has 0 aliphatic heterocycles. The molecule has 4 nitrogen and oxygen atoms in total. The van der Waals surface area contributed by atoms with Crippen LogP contribution >= 0.6 is 23.2 Å². The van der Waals surface area contributed by atoms with Crippen LogP contribution in [-0.4, -0.2) is 10.9 Å². The lowest BCUT2D eigenvalue weighted by atomic mass is 9.97. The number of nitrogens with one attached hydrogen (secondary N) is 1. The monoisotopic (exact) mass is 354 g/mol. The molecule has 124 valence electrons. The summed E-state index contributed by atoms with van der Waals surface area (Å²) in [7, 11) is 0. The molecule has 0 aliphatic carbocycles. The van der Waals surface area contributed by atoms with Gasteiger partial charge in [-0.3, -0.25) is 4.79 Å². The van der Waals surface area contributed by atoms with Crippen LogP contribution in [-0.2, 0) is 16.6 Å². The number of hydrogen-bond donors (Lipinski definition) is 1. The normalized spacial score (nSPS) is 11.6. The molecule has 0 radical (unpaired) electrons. The minimum absolute atomic E-state index is 0.128. The Morgan fingerprint density at radius 1 is 1.22 bits per heavy atom. The molecule has 0 bridgehead atoms. The maximum Gasteiger partial charge on any atom is 0.224 e. The number of hydrogen-bond acceptors (Lipinski definition) is 3. The number of aryl methyl sites for hydroxylation is 2. The van der Waals surface area contributed by atoms with E-state index in [0.717, 1.165) is 11.5 Å². The van der Waals surface area contributed by atoms with Crippen molar-refractivity contribution in [3.8, 4) is 0 Å². The van der Waals surface area contributed by atoms with Crippen molar-refractivity contribution in [1.29, 1.82) is 0 Å². The number of oxazole rings is 1. The second-order valence-electron chi connectivity index (χ2n) is 6.48. The number of aromatic nitrogens is 1. The van der Waals surface area contributed by atoms with Crippen LogP contribution < -0.4 is 5.32 Å². The molecular formula is C17H20Cl2N2O2. The number of carbonyl (C=O) groups excluding carboxylic acids is 1. The fourth-order valence-corrected chi connectivity index (χ4v) is 2.58. The molecule has 2 rings (SSSR count). The van der Waals surface area contributed by atoms with E-state index in [1.54, 1.807) is 18.2 Å². The van der Waals surface area contributed by atoms with Crippen molar-refractivity contribution in [2.45, 2.75) is 46.0 Å². The third kappa shape index (κ3) is 4.98. The summed E-state index contributed by atoms with van der Waals surface area (Å²) in [6.07, 6.45) is 0.790. The lowest BCUT2D eigenvalue weighted by molar-refractivity contribution is -0.116. The van der Waals surface area contributed by atoms with E-state index in [0.29, 0.717) is 34.5 Å². The van der Waals surface area contributed by atoms with Crippen molar-refractivity contribution in [3.63, 3.8) is 0 Å². The highest BCUT2D eigenvalue weighted by Gasteiger charge is 2.22. The molecule has 2 aromatic rings. The smallest absolute Gasteiger partial charge is 0.224 e. The van der Waals surface area contributed by atoms with Gasteiger partial charge < -0.3 is 9.73 Å². The molecule has 0 atom stereocenters. The molecule has 0 fully saturated rings. The molecule has 0 saturated heterocycles. The molecule has 1 aromatic heterocycles. The summed E-state index contributed by atoms with van der Waals surface area (Å²) in [5.41, 5.74) is 1.26. The second-order valence-corrected chi connectivity index (χ2v) is 7.36. The van der Waals surface area contributed by atoms with Crippen LogP contribution in [0.5, 0.6) is 0 Å². The lowest BCUT2D eigenvalue weighted by Crippen LogP contribution is -2.12. The summed E-state index contributed by atoms with van der Waals surface area (Å²) in [4.78, 5) is 16.5. The van der Waals surface area contributed by atoms with Crippen molar-refractivity contribution in [1.82, 2.24) is 4.98 Å². The average molecular weight is 355 g/mol. The predicted molar refractivity (Wildman–Crippen MR) is 93.4 cm³/mol. The van der Waals surface area contributed by atoms with Gasteiger partial charge in [0, 0.05) is 34.0 Å². The maximum atomic E-state index is 12.1. The summed E-state index contributed by atoms with van der Waals surface area (Å²) >= 11 is 11.8. The van der Waals surface area contributed by atoms with Gasteiger partial charge in [-0.05, 0) is 25.1 Å². The van der Waals surface area contributed by atoms with E-state index >= 15 is 0 Å². The average Bonchev–Trinajstić information content (AvgIpc) is 2.76. The summed E-state index contributed by atoms with van der Waals surface area (Å²) < 4.78 is 5.78. The predicted octanol–water partition coefficient (Wildman–Crippen LogP) is 5.16. The third-order valence-electron chi connectivity index (χ3n) is 3.26. The topological polar surface area (TPSA) is 55.1 Å². The number of anilines is 1. The van der Waals surface area contributed by atoms with Crippen LogP contribution in [0.2, 0.25) is 10.0 Å². The van der Waals surface area contributed by atoms with E-state index in [9.17, 15) is 4.79 Å². The largest absolute Gasteiger partial charge is 0.445 e. The van der Waals surface area contributed by atoms with Crippen LogP contribution in [0, 0.1) is 6.92 Å². The van der Waals surface area contributed by atoms with Gasteiger partial charge in [0.1, 0.15) is 5.76 Å². The van der Waals surface area contributed by atoms with Crippen LogP contribution in [0.4, 0.5) is 5.69 Å². The van der Waals surface area contributed by atoms with Gasteiger partial charge in [-0.1, -0.05) is 44.0 Å². The zero-order valence-electron chi connectivity index (χ0n) is 13.7. The summed E-state index contributed by atoms with van der Waals surface area (Å²) in [5.74, 6) is 1.30. The van der Waals surface area contributed by atoms with E-state index in [4.69, 9.17) is 27.6 Å². The number of halogens is 2. The molecule has 6 heteroatoms. The minimum Gasteiger partial charge on any atom is -0.445 e. The zero-order valence-corrected chi connectivity index (χ0v) is 15.2. The molecule has 1 amide bonds. The van der Waals surface area contributed by atoms with Crippen molar-refractivity contribution >= 4 is 34.8 Å². The highest BCUT2D eigenvalue weighted by Crippen LogP contribution is 2.25. The van der Waals surface area contributed by atoms with Crippen LogP contribution in [0.25, 0.3) is 0 Å². The first-order chi connectivity index (χ1) is 10.6. The van der Waals surface area contributed by atoms with Gasteiger partial charge in [0.2, 0.25) is 5.91 Å². The Hall–Kier alpha value is -1.52. The highest BCUT2D eigenvalue weighted by molar-refractivity contribution is 6.35. The Kier molecular flexibility index (Phi) is 5.37. The first-order valence-electron chi connectivity index (χ1n) is 7.38. The van der Waals surface area contributed by atoms with Crippen LogP contribution in [0.3, 0.4) is 0 Å². The molecule has 1 aromatic carbocycles. The SMILES string of the molecule is Cc1nc(C(C)(C)C)oc1CCC(=O)Nc1cc(Cl)cc(Cl)c1. The van der Waals surface area contributed by atoms with E-state index in [1.165, 1.54) is 0 Å². The van der Waals surface area contributed by atoms with E-state index in [2.05, 4.69) is 10.3 Å². The number of amides is 1. The molecule has 0 unspecified atom stereocenters. The molecule has 0 aliphatic rings. The maximum absolute atomic E-state index is 12.1. The fourth-order valence-electron chi connectivity index (χ4n) is 2.06. The van der Waals surface area contributed by atoms with Gasteiger partial charge in [0.15, 0.2) is 5.89 Å². The summed E-state index contributed by atoms with van der Waals surface area (Å²) in [6.45, 7) is 8.01. The number of carbonyl (C=O) groups is 1. The Morgan fingerprint density at radius 2 is 1.83 bits per heavy atom. The van der Waals surface area contributed by atoms with Crippen LogP contribution in [0.15, 0.2) is 22.6 Å². The van der Waals surface area contributed by atoms with Gasteiger partial charge in [-0.2, -0.15) is 0 Å². The Morgan fingerprint density at radius 3 is 2.35 bits per heavy atom. The van der Waals surface area contributed by atoms with Gasteiger partial charge >= 0.3 is 0 Å². The van der Waals surface area contributed by atoms with Crippen molar-refractivity contribution in [3.05, 3.63) is 45.6 Å². The number of benzene rings is 1. The van der Waals surface area contributed by atoms with E-state index in [-0.39, 0.29) is 11.3 Å². The van der Waals surface area contributed by atoms with Crippen molar-refractivity contribution < 1.29 is 9.21 Å². The van der Waals surface area contributed by atoms with E-state index in [1.807, 2.05) is 27.7 Å². The van der Waals surface area contributed by atoms with Crippen LogP contribution in [0.1, 0.15) is 44.5 Å². The number of nitrogens with zero attached hydrogens (tertiary/aromatic N) is 1. The van der Waals surface area contributed by atoms with Gasteiger partial charge in [0.25, 0.3) is 0 Å². The quantitative estimate of drug-likeness (QED) is 0.824. The molecule has 23 heavy (non-hydrogen) atoms. The number of rotatable bonds is 4. The summed E-state index contributed by atoms with van der Waals surface area (Å²) in [5, 5.41) is 3.74.